The summed E-state index contributed by atoms with van der Waals surface area (Å²) >= 11 is 0. The van der Waals surface area contributed by atoms with Gasteiger partial charge in [0.2, 0.25) is 5.91 Å². The number of benzene rings is 3. The third-order valence-electron chi connectivity index (χ3n) is 5.19. The predicted octanol–water partition coefficient (Wildman–Crippen LogP) is 4.90. The molecule has 3 aromatic rings. The normalized spacial score (nSPS) is 14.2. The fourth-order valence-electron chi connectivity index (χ4n) is 3.59. The van der Waals surface area contributed by atoms with Crippen molar-refractivity contribution in [2.24, 2.45) is 0 Å². The summed E-state index contributed by atoms with van der Waals surface area (Å²) in [5.74, 6) is -2.23. The van der Waals surface area contributed by atoms with E-state index in [0.717, 1.165) is 22.0 Å². The predicted molar refractivity (Wildman–Crippen MR) is 115 cm³/mol. The van der Waals surface area contributed by atoms with Crippen molar-refractivity contribution in [1.29, 1.82) is 0 Å². The molecule has 1 aliphatic heterocycles. The van der Waals surface area contributed by atoms with Crippen LogP contribution in [-0.4, -0.2) is 20.9 Å². The van der Waals surface area contributed by atoms with E-state index in [4.69, 9.17) is 0 Å². The van der Waals surface area contributed by atoms with Gasteiger partial charge in [-0.25, -0.2) is 17.2 Å². The highest BCUT2D eigenvalue weighted by molar-refractivity contribution is 7.93. The number of fused-ring (bicyclic) bond motifs is 3. The largest absolute Gasteiger partial charge is 0.322 e. The third-order valence-corrected chi connectivity index (χ3v) is 7.01. The van der Waals surface area contributed by atoms with Crippen LogP contribution >= 0.6 is 0 Å². The minimum atomic E-state index is -4.01. The Kier molecular flexibility index (Phi) is 5.26. The molecule has 0 radical (unpaired) electrons. The van der Waals surface area contributed by atoms with E-state index in [-0.39, 0.29) is 16.5 Å². The highest BCUT2D eigenvalue weighted by Gasteiger charge is 2.36. The number of nitrogens with one attached hydrogen (secondary N) is 1. The minimum Gasteiger partial charge on any atom is -0.322 e. The smallest absolute Gasteiger partial charge is 0.265 e. The van der Waals surface area contributed by atoms with Crippen LogP contribution < -0.4 is 9.62 Å². The lowest BCUT2D eigenvalue weighted by molar-refractivity contribution is -0.114. The van der Waals surface area contributed by atoms with Crippen molar-refractivity contribution in [3.8, 4) is 11.1 Å². The monoisotopic (exact) mass is 442 g/mol. The van der Waals surface area contributed by atoms with Crippen LogP contribution in [0, 0.1) is 11.6 Å². The molecular formula is C23H20F2N2O3S. The second kappa shape index (κ2) is 7.77. The average Bonchev–Trinajstić information content (AvgIpc) is 2.73. The number of anilines is 2. The number of nitrogens with zero attached hydrogens (tertiary/aromatic N) is 1. The van der Waals surface area contributed by atoms with Gasteiger partial charge in [-0.2, -0.15) is 0 Å². The van der Waals surface area contributed by atoms with Crippen molar-refractivity contribution >= 4 is 27.3 Å². The quantitative estimate of drug-likeness (QED) is 0.625. The van der Waals surface area contributed by atoms with Gasteiger partial charge in [0.1, 0.15) is 18.2 Å². The molecule has 0 bridgehead atoms. The average molecular weight is 442 g/mol. The van der Waals surface area contributed by atoms with Crippen molar-refractivity contribution in [1.82, 2.24) is 0 Å². The maximum atomic E-state index is 13.9. The van der Waals surface area contributed by atoms with E-state index in [9.17, 15) is 22.0 Å². The lowest BCUT2D eigenvalue weighted by atomic mass is 9.95. The van der Waals surface area contributed by atoms with Gasteiger partial charge >= 0.3 is 0 Å². The number of halogens is 2. The Bertz CT molecular complexity index is 1290. The maximum absolute atomic E-state index is 13.9. The molecule has 3 aromatic carbocycles. The molecule has 0 unspecified atom stereocenters. The highest BCUT2D eigenvalue weighted by atomic mass is 32.2. The second-order valence-electron chi connectivity index (χ2n) is 7.61. The number of hydrogen-bond donors (Lipinski definition) is 1. The van der Waals surface area contributed by atoms with Crippen molar-refractivity contribution in [2.75, 3.05) is 16.2 Å². The summed E-state index contributed by atoms with van der Waals surface area (Å²) in [7, 11) is -4.01. The molecule has 0 saturated heterocycles. The molecule has 8 heteroatoms. The van der Waals surface area contributed by atoms with E-state index >= 15 is 0 Å². The molecule has 1 aliphatic rings. The molecule has 0 fully saturated rings. The molecular weight excluding hydrogens is 422 g/mol. The molecule has 160 valence electrons. The molecule has 1 heterocycles. The van der Waals surface area contributed by atoms with Crippen LogP contribution in [-0.2, 0) is 14.8 Å². The lowest BCUT2D eigenvalue weighted by Crippen LogP contribution is -2.40. The number of rotatable bonds is 4. The van der Waals surface area contributed by atoms with Crippen molar-refractivity contribution in [2.45, 2.75) is 24.7 Å². The molecule has 4 rings (SSSR count). The van der Waals surface area contributed by atoms with Crippen LogP contribution in [0.3, 0.4) is 0 Å². The van der Waals surface area contributed by atoms with Crippen molar-refractivity contribution in [3.05, 3.63) is 77.9 Å². The highest BCUT2D eigenvalue weighted by Crippen LogP contribution is 2.43. The van der Waals surface area contributed by atoms with E-state index in [1.54, 1.807) is 24.3 Å². The van der Waals surface area contributed by atoms with Gasteiger partial charge in [-0.1, -0.05) is 38.1 Å². The lowest BCUT2D eigenvalue weighted by Gasteiger charge is -2.32. The van der Waals surface area contributed by atoms with Crippen LogP contribution in [0.4, 0.5) is 20.2 Å². The minimum absolute atomic E-state index is 0.101. The van der Waals surface area contributed by atoms with Gasteiger partial charge in [-0.05, 0) is 41.8 Å². The van der Waals surface area contributed by atoms with Crippen LogP contribution in [0.1, 0.15) is 25.3 Å². The Hall–Kier alpha value is -3.26. The fourth-order valence-corrected chi connectivity index (χ4v) is 5.24. The topological polar surface area (TPSA) is 66.5 Å². The van der Waals surface area contributed by atoms with Crippen molar-refractivity contribution in [3.63, 3.8) is 0 Å². The summed E-state index contributed by atoms with van der Waals surface area (Å²) in [4.78, 5) is 12.7. The van der Waals surface area contributed by atoms with Crippen LogP contribution in [0.2, 0.25) is 0 Å². The number of carbonyl (C=O) groups excluding carboxylic acids is 1. The molecule has 0 aliphatic carbocycles. The van der Waals surface area contributed by atoms with E-state index in [2.05, 4.69) is 5.32 Å². The van der Waals surface area contributed by atoms with Gasteiger partial charge < -0.3 is 5.32 Å². The number of amides is 1. The maximum Gasteiger partial charge on any atom is 0.265 e. The van der Waals surface area contributed by atoms with Gasteiger partial charge in [0.25, 0.3) is 10.0 Å². The molecule has 0 atom stereocenters. The van der Waals surface area contributed by atoms with Crippen molar-refractivity contribution < 1.29 is 22.0 Å². The second-order valence-corrected chi connectivity index (χ2v) is 9.44. The van der Waals surface area contributed by atoms with Crippen LogP contribution in [0.25, 0.3) is 11.1 Å². The molecule has 0 spiro atoms. The zero-order valence-electron chi connectivity index (χ0n) is 16.9. The Labute approximate surface area is 179 Å². The molecule has 5 nitrogen and oxygen atoms in total. The van der Waals surface area contributed by atoms with E-state index in [1.807, 2.05) is 26.0 Å². The van der Waals surface area contributed by atoms with Gasteiger partial charge in [0, 0.05) is 17.2 Å². The van der Waals surface area contributed by atoms with Crippen LogP contribution in [0.5, 0.6) is 0 Å². The molecule has 1 amide bonds. The Balaban J connectivity index is 1.75. The third kappa shape index (κ3) is 3.79. The summed E-state index contributed by atoms with van der Waals surface area (Å²) in [5.41, 5.74) is 2.46. The standard InChI is InChI=1S/C23H20F2N2O3S/c1-14(2)15-7-10-21-18(11-15)17-5-3-4-6-22(17)31(29,30)27(21)13-23(28)26-20-9-8-16(24)12-19(20)25/h3-12,14H,13H2,1-2H3,(H,26,28). The molecule has 0 saturated carbocycles. The van der Waals surface area contributed by atoms with E-state index < -0.39 is 34.1 Å². The van der Waals surface area contributed by atoms with E-state index in [0.29, 0.717) is 22.9 Å². The summed E-state index contributed by atoms with van der Waals surface area (Å²) in [5, 5.41) is 2.32. The summed E-state index contributed by atoms with van der Waals surface area (Å²) in [6.45, 7) is 3.52. The fraction of sp³-hybridized carbons (Fsp3) is 0.174. The van der Waals surface area contributed by atoms with E-state index in [1.165, 1.54) is 6.07 Å². The van der Waals surface area contributed by atoms with Gasteiger partial charge in [0.15, 0.2) is 0 Å². The molecule has 0 aromatic heterocycles. The Morgan fingerprint density at radius 2 is 1.74 bits per heavy atom. The Morgan fingerprint density at radius 1 is 1.00 bits per heavy atom. The zero-order valence-corrected chi connectivity index (χ0v) is 17.7. The summed E-state index contributed by atoms with van der Waals surface area (Å²) < 4.78 is 54.7. The summed E-state index contributed by atoms with van der Waals surface area (Å²) in [6.07, 6.45) is 0. The first kappa shape index (κ1) is 21.0. The number of hydrogen-bond acceptors (Lipinski definition) is 3. The first-order valence-corrected chi connectivity index (χ1v) is 11.1. The summed E-state index contributed by atoms with van der Waals surface area (Å²) in [6, 6.07) is 14.8. The first-order chi connectivity index (χ1) is 14.7. The zero-order chi connectivity index (χ0) is 22.3. The van der Waals surface area contributed by atoms with Gasteiger partial charge in [-0.3, -0.25) is 9.10 Å². The Morgan fingerprint density at radius 3 is 2.45 bits per heavy atom. The molecule has 1 N–H and O–H groups in total. The molecule has 31 heavy (non-hydrogen) atoms. The first-order valence-electron chi connectivity index (χ1n) is 9.69. The van der Waals surface area contributed by atoms with Crippen LogP contribution in [0.15, 0.2) is 65.6 Å². The van der Waals surface area contributed by atoms with Gasteiger partial charge in [0.05, 0.1) is 16.3 Å². The van der Waals surface area contributed by atoms with Gasteiger partial charge in [-0.15, -0.1) is 0 Å². The number of carbonyl (C=O) groups is 1. The SMILES string of the molecule is CC(C)c1ccc2c(c1)-c1ccccc1S(=O)(=O)N2CC(=O)Nc1ccc(F)cc1F. The number of sulfonamides is 1.